The summed E-state index contributed by atoms with van der Waals surface area (Å²) in [5.74, 6) is -1.47. The van der Waals surface area contributed by atoms with E-state index in [9.17, 15) is 18.0 Å². The molecule has 2 N–H and O–H groups in total. The Morgan fingerprint density at radius 1 is 1.16 bits per heavy atom. The van der Waals surface area contributed by atoms with Crippen LogP contribution in [0.3, 0.4) is 0 Å². The van der Waals surface area contributed by atoms with Crippen molar-refractivity contribution < 1.29 is 27.1 Å². The SMILES string of the molecule is CC1=C(c2nnc(C3CCCCO3)o2)C(=O)N2NC(C(F)(F)F)C(c3ccccc3)C2N1. The van der Waals surface area contributed by atoms with E-state index in [1.807, 2.05) is 0 Å². The number of carbonyl (C=O) groups is 1. The van der Waals surface area contributed by atoms with Gasteiger partial charge < -0.3 is 14.5 Å². The standard InChI is InChI=1S/C21H22F3N5O3/c1-11-14(19-27-26-18(32-19)13-9-5-6-10-31-13)20(30)29-17(25-11)15(12-7-3-2-4-8-12)16(28-29)21(22,23)24/h2-4,7-8,13,15-17,25,28H,5-6,9-10H2,1H3. The van der Waals surface area contributed by atoms with Gasteiger partial charge in [0.15, 0.2) is 0 Å². The van der Waals surface area contributed by atoms with Crippen LogP contribution < -0.4 is 10.7 Å². The van der Waals surface area contributed by atoms with Crippen molar-refractivity contribution in [3.8, 4) is 0 Å². The van der Waals surface area contributed by atoms with Crippen LogP contribution in [0, 0.1) is 0 Å². The largest absolute Gasteiger partial charge is 0.418 e. The number of nitrogens with one attached hydrogen (secondary N) is 2. The van der Waals surface area contributed by atoms with E-state index < -0.39 is 30.2 Å². The van der Waals surface area contributed by atoms with Crippen LogP contribution in [0.1, 0.15) is 55.6 Å². The summed E-state index contributed by atoms with van der Waals surface area (Å²) in [5.41, 5.74) is 3.26. The first-order chi connectivity index (χ1) is 15.3. The van der Waals surface area contributed by atoms with Gasteiger partial charge in [-0.25, -0.2) is 10.4 Å². The average Bonchev–Trinajstić information content (AvgIpc) is 3.40. The van der Waals surface area contributed by atoms with Gasteiger partial charge in [0.05, 0.1) is 5.92 Å². The Bertz CT molecular complexity index is 1030. The highest BCUT2D eigenvalue weighted by Crippen LogP contribution is 2.42. The molecule has 1 amide bonds. The Hall–Kier alpha value is -2.92. The minimum absolute atomic E-state index is 0.0398. The first kappa shape index (κ1) is 21.0. The van der Waals surface area contributed by atoms with Crippen LogP contribution in [0.5, 0.6) is 0 Å². The van der Waals surface area contributed by atoms with Crippen molar-refractivity contribution in [2.75, 3.05) is 6.61 Å². The monoisotopic (exact) mass is 449 g/mol. The summed E-state index contributed by atoms with van der Waals surface area (Å²) in [4.78, 5) is 13.3. The zero-order valence-electron chi connectivity index (χ0n) is 17.2. The summed E-state index contributed by atoms with van der Waals surface area (Å²) in [6, 6.07) is 6.41. The fourth-order valence-electron chi connectivity index (χ4n) is 4.55. The molecule has 8 nitrogen and oxygen atoms in total. The molecule has 0 radical (unpaired) electrons. The number of aromatic nitrogens is 2. The molecule has 1 aromatic heterocycles. The third-order valence-corrected chi connectivity index (χ3v) is 6.07. The number of nitrogens with zero attached hydrogens (tertiary/aromatic N) is 3. The molecule has 4 heterocycles. The summed E-state index contributed by atoms with van der Waals surface area (Å²) in [6.45, 7) is 2.21. The van der Waals surface area contributed by atoms with E-state index in [4.69, 9.17) is 9.15 Å². The summed E-state index contributed by atoms with van der Waals surface area (Å²) in [6.07, 6.45) is -3.19. The number of alkyl halides is 3. The van der Waals surface area contributed by atoms with Gasteiger partial charge in [0.2, 0.25) is 5.89 Å². The molecule has 4 unspecified atom stereocenters. The van der Waals surface area contributed by atoms with Gasteiger partial charge in [0, 0.05) is 12.3 Å². The molecule has 0 bridgehead atoms. The van der Waals surface area contributed by atoms with Crippen LogP contribution in [-0.4, -0.2) is 46.1 Å². The molecule has 2 saturated heterocycles. The maximum atomic E-state index is 13.9. The molecule has 3 aliphatic rings. The lowest BCUT2D eigenvalue weighted by Crippen LogP contribution is -2.54. The molecule has 4 atom stereocenters. The number of amides is 1. The average molecular weight is 449 g/mol. The number of hydrogen-bond acceptors (Lipinski definition) is 7. The fraction of sp³-hybridized carbons (Fsp3) is 0.476. The van der Waals surface area contributed by atoms with Crippen molar-refractivity contribution in [1.29, 1.82) is 0 Å². The number of hydrogen-bond donors (Lipinski definition) is 2. The topological polar surface area (TPSA) is 92.5 Å². The van der Waals surface area contributed by atoms with Gasteiger partial charge in [0.1, 0.15) is 23.9 Å². The first-order valence-electron chi connectivity index (χ1n) is 10.5. The summed E-state index contributed by atoms with van der Waals surface area (Å²) in [5, 5.41) is 12.0. The lowest BCUT2D eigenvalue weighted by molar-refractivity contribution is -0.161. The molecule has 2 aromatic rings. The van der Waals surface area contributed by atoms with E-state index in [2.05, 4.69) is 20.9 Å². The molecule has 5 rings (SSSR count). The molecule has 170 valence electrons. The van der Waals surface area contributed by atoms with E-state index in [1.54, 1.807) is 37.3 Å². The van der Waals surface area contributed by atoms with E-state index in [0.717, 1.165) is 24.3 Å². The maximum absolute atomic E-state index is 13.9. The third kappa shape index (κ3) is 3.55. The number of rotatable bonds is 3. The Morgan fingerprint density at radius 2 is 1.94 bits per heavy atom. The molecular weight excluding hydrogens is 427 g/mol. The van der Waals surface area contributed by atoms with Crippen LogP contribution in [-0.2, 0) is 9.53 Å². The van der Waals surface area contributed by atoms with Gasteiger partial charge in [-0.1, -0.05) is 30.3 Å². The van der Waals surface area contributed by atoms with E-state index in [-0.39, 0.29) is 23.5 Å². The number of benzene rings is 1. The number of hydrazine groups is 1. The number of carbonyl (C=O) groups excluding carboxylic acids is 1. The van der Waals surface area contributed by atoms with Crippen LogP contribution in [0.25, 0.3) is 5.57 Å². The molecule has 1 aromatic carbocycles. The lowest BCUT2D eigenvalue weighted by Gasteiger charge is -2.34. The van der Waals surface area contributed by atoms with Crippen molar-refractivity contribution in [1.82, 2.24) is 25.9 Å². The second-order valence-electron chi connectivity index (χ2n) is 8.15. The minimum Gasteiger partial charge on any atom is -0.418 e. The minimum atomic E-state index is -4.57. The Morgan fingerprint density at radius 3 is 2.62 bits per heavy atom. The molecular formula is C21H22F3N5O3. The van der Waals surface area contributed by atoms with Crippen LogP contribution in [0.15, 0.2) is 40.4 Å². The van der Waals surface area contributed by atoms with E-state index in [0.29, 0.717) is 17.9 Å². The second-order valence-corrected chi connectivity index (χ2v) is 8.15. The lowest BCUT2D eigenvalue weighted by atomic mass is 9.89. The molecule has 0 spiro atoms. The molecule has 0 aliphatic carbocycles. The quantitative estimate of drug-likeness (QED) is 0.744. The van der Waals surface area contributed by atoms with Gasteiger partial charge in [-0.05, 0) is 31.7 Å². The van der Waals surface area contributed by atoms with Gasteiger partial charge in [-0.3, -0.25) is 4.79 Å². The second kappa shape index (κ2) is 7.89. The first-order valence-corrected chi connectivity index (χ1v) is 10.5. The predicted octanol–water partition coefficient (Wildman–Crippen LogP) is 3.03. The van der Waals surface area contributed by atoms with Gasteiger partial charge in [-0.15, -0.1) is 10.2 Å². The third-order valence-electron chi connectivity index (χ3n) is 6.07. The zero-order valence-corrected chi connectivity index (χ0v) is 17.2. The Balaban J connectivity index is 1.48. The normalized spacial score (nSPS) is 28.6. The summed E-state index contributed by atoms with van der Waals surface area (Å²) >= 11 is 0. The van der Waals surface area contributed by atoms with Gasteiger partial charge in [0.25, 0.3) is 11.8 Å². The molecule has 11 heteroatoms. The molecule has 32 heavy (non-hydrogen) atoms. The van der Waals surface area contributed by atoms with Gasteiger partial charge >= 0.3 is 6.18 Å². The van der Waals surface area contributed by atoms with Crippen molar-refractivity contribution in [2.24, 2.45) is 0 Å². The highest BCUT2D eigenvalue weighted by Gasteiger charge is 2.58. The number of ether oxygens (including phenoxy) is 1. The summed E-state index contributed by atoms with van der Waals surface area (Å²) < 4.78 is 53.0. The van der Waals surface area contributed by atoms with E-state index in [1.165, 1.54) is 0 Å². The Kier molecular flexibility index (Phi) is 5.17. The van der Waals surface area contributed by atoms with Crippen molar-refractivity contribution in [2.45, 2.75) is 56.6 Å². The smallest absolute Gasteiger partial charge is 0.406 e. The van der Waals surface area contributed by atoms with Crippen LogP contribution in [0.4, 0.5) is 13.2 Å². The molecule has 0 saturated carbocycles. The zero-order chi connectivity index (χ0) is 22.5. The van der Waals surface area contributed by atoms with Crippen LogP contribution in [0.2, 0.25) is 0 Å². The fourth-order valence-corrected chi connectivity index (χ4v) is 4.55. The van der Waals surface area contributed by atoms with Crippen molar-refractivity contribution in [3.05, 3.63) is 53.4 Å². The number of fused-ring (bicyclic) bond motifs is 1. The Labute approximate surface area is 181 Å². The van der Waals surface area contributed by atoms with Crippen molar-refractivity contribution >= 4 is 11.5 Å². The number of halogens is 3. The maximum Gasteiger partial charge on any atom is 0.406 e. The van der Waals surface area contributed by atoms with Crippen molar-refractivity contribution in [3.63, 3.8) is 0 Å². The van der Waals surface area contributed by atoms with Crippen LogP contribution >= 0.6 is 0 Å². The highest BCUT2D eigenvalue weighted by molar-refractivity contribution is 6.19. The number of allylic oxidation sites excluding steroid dienone is 1. The highest BCUT2D eigenvalue weighted by atomic mass is 19.4. The molecule has 2 fully saturated rings. The molecule has 3 aliphatic heterocycles. The van der Waals surface area contributed by atoms with Gasteiger partial charge in [-0.2, -0.15) is 13.2 Å². The predicted molar refractivity (Wildman–Crippen MR) is 105 cm³/mol. The summed E-state index contributed by atoms with van der Waals surface area (Å²) in [7, 11) is 0. The van der Waals surface area contributed by atoms with E-state index >= 15 is 0 Å².